The first-order chi connectivity index (χ1) is 11.8. The fourth-order valence-electron chi connectivity index (χ4n) is 2.58. The molecule has 0 aliphatic carbocycles. The van der Waals surface area contributed by atoms with Crippen molar-refractivity contribution in [2.45, 2.75) is 31.6 Å². The number of hydrogen-bond acceptors (Lipinski definition) is 4. The van der Waals surface area contributed by atoms with Crippen LogP contribution in [0.2, 0.25) is 0 Å². The van der Waals surface area contributed by atoms with Gasteiger partial charge < -0.3 is 0 Å². The number of hydrogen-bond donors (Lipinski definition) is 1. The van der Waals surface area contributed by atoms with Gasteiger partial charge in [-0.3, -0.25) is 29.4 Å². The number of nitrogens with one attached hydrogen (secondary N) is 1. The van der Waals surface area contributed by atoms with Crippen LogP contribution in [-0.4, -0.2) is 47.4 Å². The number of alkyl halides is 6. The van der Waals surface area contributed by atoms with Crippen molar-refractivity contribution in [2.75, 3.05) is 6.54 Å². The van der Waals surface area contributed by atoms with Gasteiger partial charge in [0.25, 0.3) is 11.8 Å². The number of halogens is 6. The summed E-state index contributed by atoms with van der Waals surface area (Å²) < 4.78 is 76.3. The SMILES string of the molecule is O=C1C/C(=C(\CCN2C(=O)C/C(=C/C(F)(F)F)C2=O)C(F)(F)F)C(=O)N1. The Bertz CT molecular complexity index is 748. The number of allylic oxidation sites excluding steroid dienone is 1. The van der Waals surface area contributed by atoms with Crippen molar-refractivity contribution in [2.24, 2.45) is 0 Å². The van der Waals surface area contributed by atoms with E-state index in [0.29, 0.717) is 0 Å². The van der Waals surface area contributed by atoms with Gasteiger partial charge in [-0.2, -0.15) is 26.3 Å². The monoisotopic (exact) mass is 384 g/mol. The maximum atomic E-state index is 13.1. The average molecular weight is 384 g/mol. The Kier molecular flexibility index (Phi) is 4.97. The van der Waals surface area contributed by atoms with Crippen molar-refractivity contribution in [1.29, 1.82) is 0 Å². The van der Waals surface area contributed by atoms with Crippen molar-refractivity contribution in [3.05, 3.63) is 22.8 Å². The molecular weight excluding hydrogens is 374 g/mol. The summed E-state index contributed by atoms with van der Waals surface area (Å²) in [5, 5.41) is 1.68. The molecule has 0 bridgehead atoms. The zero-order valence-electron chi connectivity index (χ0n) is 12.8. The molecule has 0 radical (unpaired) electrons. The normalized spacial score (nSPS) is 22.5. The van der Waals surface area contributed by atoms with Crippen LogP contribution in [-0.2, 0) is 19.2 Å². The average Bonchev–Trinajstić information content (AvgIpc) is 2.89. The minimum Gasteiger partial charge on any atom is -0.292 e. The third kappa shape index (κ3) is 4.29. The molecule has 2 saturated heterocycles. The van der Waals surface area contributed by atoms with Crippen LogP contribution in [0.5, 0.6) is 0 Å². The van der Waals surface area contributed by atoms with E-state index in [4.69, 9.17) is 0 Å². The van der Waals surface area contributed by atoms with Gasteiger partial charge in [-0.1, -0.05) is 0 Å². The molecular formula is C14H10F6N2O4. The van der Waals surface area contributed by atoms with E-state index in [1.165, 1.54) is 0 Å². The minimum atomic E-state index is -5.02. The maximum Gasteiger partial charge on any atom is 0.413 e. The first kappa shape index (κ1) is 19.7. The second kappa shape index (κ2) is 6.57. The standard InChI is InChI=1S/C14H10F6N2O4/c15-13(16,17)5-6-3-10(24)22(12(6)26)2-1-8(14(18,19)20)7-4-9(23)21-11(7)25/h5H,1-4H2,(H,21,23,25)/b6-5-,8-7-. The number of imide groups is 2. The van der Waals surface area contributed by atoms with E-state index >= 15 is 0 Å². The number of likely N-dealkylation sites (tertiary alicyclic amines) is 1. The third-order valence-electron chi connectivity index (χ3n) is 3.66. The Labute approximate surface area is 141 Å². The van der Waals surface area contributed by atoms with Gasteiger partial charge in [-0.15, -0.1) is 0 Å². The van der Waals surface area contributed by atoms with E-state index in [2.05, 4.69) is 0 Å². The van der Waals surface area contributed by atoms with Gasteiger partial charge in [0.2, 0.25) is 11.8 Å². The zero-order valence-corrected chi connectivity index (χ0v) is 12.8. The Morgan fingerprint density at radius 1 is 1.04 bits per heavy atom. The second-order valence-corrected chi connectivity index (χ2v) is 5.50. The van der Waals surface area contributed by atoms with Crippen molar-refractivity contribution in [1.82, 2.24) is 10.2 Å². The fraction of sp³-hybridized carbons (Fsp3) is 0.429. The molecule has 26 heavy (non-hydrogen) atoms. The van der Waals surface area contributed by atoms with Crippen LogP contribution in [0.1, 0.15) is 19.3 Å². The zero-order chi connectivity index (χ0) is 19.9. The fourth-order valence-corrected chi connectivity index (χ4v) is 2.58. The molecule has 0 saturated carbocycles. The lowest BCUT2D eigenvalue weighted by atomic mass is 10.0. The summed E-state index contributed by atoms with van der Waals surface area (Å²) in [6.45, 7) is -0.868. The first-order valence-corrected chi connectivity index (χ1v) is 7.06. The summed E-state index contributed by atoms with van der Waals surface area (Å²) in [5.74, 6) is -4.59. The van der Waals surface area contributed by atoms with Crippen LogP contribution < -0.4 is 5.32 Å². The van der Waals surface area contributed by atoms with E-state index in [0.717, 1.165) is 0 Å². The molecule has 2 rings (SSSR count). The lowest BCUT2D eigenvalue weighted by molar-refractivity contribution is -0.138. The lowest BCUT2D eigenvalue weighted by Gasteiger charge is -2.18. The molecule has 0 atom stereocenters. The predicted octanol–water partition coefficient (Wildman–Crippen LogP) is 1.53. The van der Waals surface area contributed by atoms with Crippen molar-refractivity contribution in [3.63, 3.8) is 0 Å². The molecule has 0 spiro atoms. The molecule has 2 heterocycles. The van der Waals surface area contributed by atoms with Crippen LogP contribution in [0.15, 0.2) is 22.8 Å². The highest BCUT2D eigenvalue weighted by Gasteiger charge is 2.43. The minimum absolute atomic E-state index is 0.262. The predicted molar refractivity (Wildman–Crippen MR) is 70.9 cm³/mol. The number of amides is 4. The lowest BCUT2D eigenvalue weighted by Crippen LogP contribution is -2.32. The molecule has 6 nitrogen and oxygen atoms in total. The Hall–Kier alpha value is -2.66. The Balaban J connectivity index is 2.23. The molecule has 0 unspecified atom stereocenters. The Morgan fingerprint density at radius 3 is 2.12 bits per heavy atom. The first-order valence-electron chi connectivity index (χ1n) is 7.06. The molecule has 4 amide bonds. The van der Waals surface area contributed by atoms with Crippen LogP contribution >= 0.6 is 0 Å². The van der Waals surface area contributed by atoms with Crippen molar-refractivity contribution < 1.29 is 45.5 Å². The van der Waals surface area contributed by atoms with Gasteiger partial charge in [-0.05, 0) is 6.42 Å². The van der Waals surface area contributed by atoms with Crippen LogP contribution in [0.3, 0.4) is 0 Å². The summed E-state index contributed by atoms with van der Waals surface area (Å²) in [7, 11) is 0. The molecule has 12 heteroatoms. The van der Waals surface area contributed by atoms with E-state index in [-0.39, 0.29) is 11.0 Å². The quantitative estimate of drug-likeness (QED) is 0.455. The molecule has 0 aromatic heterocycles. The van der Waals surface area contributed by atoms with Gasteiger partial charge in [-0.25, -0.2) is 0 Å². The molecule has 2 aliphatic rings. The van der Waals surface area contributed by atoms with E-state index in [1.807, 2.05) is 0 Å². The number of carbonyl (C=O) groups is 4. The van der Waals surface area contributed by atoms with E-state index in [9.17, 15) is 45.5 Å². The van der Waals surface area contributed by atoms with Crippen molar-refractivity contribution in [3.8, 4) is 0 Å². The number of carbonyl (C=O) groups excluding carboxylic acids is 4. The summed E-state index contributed by atoms with van der Waals surface area (Å²) in [6, 6.07) is 0. The summed E-state index contributed by atoms with van der Waals surface area (Å²) in [6.07, 6.45) is -13.0. The highest BCUT2D eigenvalue weighted by atomic mass is 19.4. The largest absolute Gasteiger partial charge is 0.413 e. The molecule has 2 aliphatic heterocycles. The molecule has 142 valence electrons. The van der Waals surface area contributed by atoms with E-state index in [1.54, 1.807) is 5.32 Å². The topological polar surface area (TPSA) is 83.6 Å². The summed E-state index contributed by atoms with van der Waals surface area (Å²) in [4.78, 5) is 46.2. The molecule has 0 aromatic rings. The van der Waals surface area contributed by atoms with E-state index < -0.39 is 78.5 Å². The van der Waals surface area contributed by atoms with Gasteiger partial charge in [0.1, 0.15) is 0 Å². The molecule has 0 aromatic carbocycles. The van der Waals surface area contributed by atoms with Gasteiger partial charge in [0.05, 0.1) is 12.8 Å². The highest BCUT2D eigenvalue weighted by Crippen LogP contribution is 2.34. The number of nitrogens with zero attached hydrogens (tertiary/aromatic N) is 1. The van der Waals surface area contributed by atoms with Gasteiger partial charge >= 0.3 is 12.4 Å². The van der Waals surface area contributed by atoms with Crippen LogP contribution in [0.4, 0.5) is 26.3 Å². The van der Waals surface area contributed by atoms with Crippen LogP contribution in [0, 0.1) is 0 Å². The maximum absolute atomic E-state index is 13.1. The van der Waals surface area contributed by atoms with Crippen molar-refractivity contribution >= 4 is 23.6 Å². The summed E-state index contributed by atoms with van der Waals surface area (Å²) in [5.41, 5.74) is -3.13. The van der Waals surface area contributed by atoms with Crippen LogP contribution in [0.25, 0.3) is 0 Å². The third-order valence-corrected chi connectivity index (χ3v) is 3.66. The van der Waals surface area contributed by atoms with Gasteiger partial charge in [0, 0.05) is 29.3 Å². The molecule has 1 N–H and O–H groups in total. The Morgan fingerprint density at radius 2 is 1.65 bits per heavy atom. The highest BCUT2D eigenvalue weighted by molar-refractivity contribution is 6.14. The molecule has 2 fully saturated rings. The number of rotatable bonds is 3. The second-order valence-electron chi connectivity index (χ2n) is 5.50. The van der Waals surface area contributed by atoms with Gasteiger partial charge in [0.15, 0.2) is 0 Å². The summed E-state index contributed by atoms with van der Waals surface area (Å²) >= 11 is 0. The smallest absolute Gasteiger partial charge is 0.292 e.